The SMILES string of the molecule is CSc1nc(C)c(CCC(=O)NCc2cccc(CN3CCOC(C)C3)c2)c(C)n1. The fourth-order valence-electron chi connectivity index (χ4n) is 3.82. The predicted molar refractivity (Wildman–Crippen MR) is 121 cm³/mol. The van der Waals surface area contributed by atoms with Gasteiger partial charge in [0, 0.05) is 44.0 Å². The summed E-state index contributed by atoms with van der Waals surface area (Å²) in [5, 5.41) is 3.83. The molecule has 0 spiro atoms. The molecule has 0 saturated carbocycles. The zero-order valence-corrected chi connectivity index (χ0v) is 19.2. The van der Waals surface area contributed by atoms with E-state index in [1.165, 1.54) is 17.3 Å². The van der Waals surface area contributed by atoms with Gasteiger partial charge in [0.2, 0.25) is 5.91 Å². The third kappa shape index (κ3) is 6.52. The fraction of sp³-hybridized carbons (Fsp3) is 0.522. The van der Waals surface area contributed by atoms with Crippen LogP contribution >= 0.6 is 11.8 Å². The number of aryl methyl sites for hydroxylation is 2. The molecular formula is C23H32N4O2S. The van der Waals surface area contributed by atoms with Crippen molar-refractivity contribution in [2.75, 3.05) is 26.0 Å². The maximum absolute atomic E-state index is 12.4. The first-order valence-corrected chi connectivity index (χ1v) is 11.7. The lowest BCUT2D eigenvalue weighted by atomic mass is 10.1. The summed E-state index contributed by atoms with van der Waals surface area (Å²) in [6.07, 6.45) is 3.36. The lowest BCUT2D eigenvalue weighted by molar-refractivity contribution is -0.121. The Bertz CT molecular complexity index is 851. The molecule has 3 rings (SSSR count). The minimum absolute atomic E-state index is 0.0511. The molecule has 1 N–H and O–H groups in total. The highest BCUT2D eigenvalue weighted by Gasteiger charge is 2.16. The summed E-state index contributed by atoms with van der Waals surface area (Å²) in [7, 11) is 0. The van der Waals surface area contributed by atoms with Crippen molar-refractivity contribution in [1.29, 1.82) is 0 Å². The highest BCUT2D eigenvalue weighted by atomic mass is 32.2. The molecule has 30 heavy (non-hydrogen) atoms. The van der Waals surface area contributed by atoms with Gasteiger partial charge in [-0.1, -0.05) is 36.0 Å². The van der Waals surface area contributed by atoms with Crippen molar-refractivity contribution in [3.63, 3.8) is 0 Å². The van der Waals surface area contributed by atoms with E-state index in [0.717, 1.165) is 53.9 Å². The molecule has 1 aliphatic heterocycles. The molecule has 1 aromatic heterocycles. The molecule has 2 aromatic rings. The molecular weight excluding hydrogens is 396 g/mol. The van der Waals surface area contributed by atoms with Crippen molar-refractivity contribution in [3.8, 4) is 0 Å². The Morgan fingerprint density at radius 3 is 2.70 bits per heavy atom. The molecule has 1 amide bonds. The quantitative estimate of drug-likeness (QED) is 0.514. The molecule has 6 nitrogen and oxygen atoms in total. The van der Waals surface area contributed by atoms with E-state index in [1.54, 1.807) is 0 Å². The molecule has 1 aliphatic rings. The van der Waals surface area contributed by atoms with Crippen LogP contribution in [0.5, 0.6) is 0 Å². The van der Waals surface area contributed by atoms with E-state index in [0.29, 0.717) is 19.4 Å². The third-order valence-electron chi connectivity index (χ3n) is 5.40. The predicted octanol–water partition coefficient (Wildman–Crippen LogP) is 3.29. The van der Waals surface area contributed by atoms with E-state index in [-0.39, 0.29) is 12.0 Å². The van der Waals surface area contributed by atoms with E-state index in [4.69, 9.17) is 4.74 Å². The number of rotatable bonds is 8. The van der Waals surface area contributed by atoms with Crippen LogP contribution in [0, 0.1) is 13.8 Å². The molecule has 1 aromatic carbocycles. The number of aromatic nitrogens is 2. The first kappa shape index (κ1) is 22.7. The van der Waals surface area contributed by atoms with Gasteiger partial charge in [0.15, 0.2) is 5.16 Å². The van der Waals surface area contributed by atoms with Crippen molar-refractivity contribution < 1.29 is 9.53 Å². The van der Waals surface area contributed by atoms with E-state index < -0.39 is 0 Å². The summed E-state index contributed by atoms with van der Waals surface area (Å²) in [4.78, 5) is 23.8. The Labute approximate surface area is 183 Å². The summed E-state index contributed by atoms with van der Waals surface area (Å²) in [5.41, 5.74) is 5.40. The van der Waals surface area contributed by atoms with Crippen molar-refractivity contribution in [3.05, 3.63) is 52.3 Å². The monoisotopic (exact) mass is 428 g/mol. The van der Waals surface area contributed by atoms with Crippen LogP contribution in [-0.2, 0) is 29.0 Å². The minimum Gasteiger partial charge on any atom is -0.376 e. The number of ether oxygens (including phenoxy) is 1. The van der Waals surface area contributed by atoms with Crippen molar-refractivity contribution in [2.24, 2.45) is 0 Å². The number of hydrogen-bond acceptors (Lipinski definition) is 6. The van der Waals surface area contributed by atoms with Crippen LogP contribution in [0.3, 0.4) is 0 Å². The average molecular weight is 429 g/mol. The van der Waals surface area contributed by atoms with Crippen LogP contribution in [0.2, 0.25) is 0 Å². The number of morpholine rings is 1. The Morgan fingerprint density at radius 2 is 2.00 bits per heavy atom. The number of thioether (sulfide) groups is 1. The van der Waals surface area contributed by atoms with Crippen LogP contribution < -0.4 is 5.32 Å². The van der Waals surface area contributed by atoms with Gasteiger partial charge >= 0.3 is 0 Å². The average Bonchev–Trinajstić information content (AvgIpc) is 2.72. The highest BCUT2D eigenvalue weighted by molar-refractivity contribution is 7.98. The Kier molecular flexibility index (Phi) is 8.24. The molecule has 1 atom stereocenters. The largest absolute Gasteiger partial charge is 0.376 e. The first-order chi connectivity index (χ1) is 14.4. The Morgan fingerprint density at radius 1 is 1.27 bits per heavy atom. The number of amides is 1. The van der Waals surface area contributed by atoms with Gasteiger partial charge in [-0.3, -0.25) is 9.69 Å². The van der Waals surface area contributed by atoms with Crippen LogP contribution in [0.1, 0.15) is 41.4 Å². The molecule has 0 bridgehead atoms. The van der Waals surface area contributed by atoms with Gasteiger partial charge in [0.25, 0.3) is 0 Å². The number of benzene rings is 1. The minimum atomic E-state index is 0.0511. The summed E-state index contributed by atoms with van der Waals surface area (Å²) in [6.45, 7) is 10.3. The molecule has 0 radical (unpaired) electrons. The summed E-state index contributed by atoms with van der Waals surface area (Å²) >= 11 is 1.54. The number of carbonyl (C=O) groups excluding carboxylic acids is 1. The topological polar surface area (TPSA) is 67.4 Å². The normalized spacial score (nSPS) is 17.1. The van der Waals surface area contributed by atoms with Crippen molar-refractivity contribution in [1.82, 2.24) is 20.2 Å². The van der Waals surface area contributed by atoms with Crippen molar-refractivity contribution >= 4 is 17.7 Å². The first-order valence-electron chi connectivity index (χ1n) is 10.5. The van der Waals surface area contributed by atoms with Gasteiger partial charge in [0.05, 0.1) is 12.7 Å². The number of nitrogens with one attached hydrogen (secondary N) is 1. The summed E-state index contributed by atoms with van der Waals surface area (Å²) < 4.78 is 5.62. The number of nitrogens with zero attached hydrogens (tertiary/aromatic N) is 3. The second kappa shape index (κ2) is 10.9. The van der Waals surface area contributed by atoms with E-state index in [1.807, 2.05) is 20.1 Å². The van der Waals surface area contributed by atoms with Crippen LogP contribution in [-0.4, -0.2) is 52.8 Å². The molecule has 162 valence electrons. The van der Waals surface area contributed by atoms with Crippen LogP contribution in [0.4, 0.5) is 0 Å². The van der Waals surface area contributed by atoms with E-state index in [9.17, 15) is 4.79 Å². The smallest absolute Gasteiger partial charge is 0.220 e. The molecule has 0 aliphatic carbocycles. The molecule has 7 heteroatoms. The standard InChI is InChI=1S/C23H32N4O2S/c1-16-14-27(10-11-29-16)15-20-7-5-6-19(12-20)13-24-22(28)9-8-21-17(2)25-23(30-4)26-18(21)3/h5-7,12,16H,8-11,13-15H2,1-4H3,(H,24,28). The number of hydrogen-bond donors (Lipinski definition) is 1. The van der Waals surface area contributed by atoms with Gasteiger partial charge in [-0.15, -0.1) is 0 Å². The number of carbonyl (C=O) groups is 1. The van der Waals surface area contributed by atoms with Gasteiger partial charge in [0.1, 0.15) is 0 Å². The fourth-order valence-corrected chi connectivity index (χ4v) is 4.28. The maximum atomic E-state index is 12.4. The molecule has 1 saturated heterocycles. The van der Waals surface area contributed by atoms with Crippen LogP contribution in [0.15, 0.2) is 29.4 Å². The second-order valence-electron chi connectivity index (χ2n) is 7.87. The Balaban J connectivity index is 1.49. The van der Waals surface area contributed by atoms with Gasteiger partial charge in [-0.25, -0.2) is 9.97 Å². The molecule has 1 fully saturated rings. The third-order valence-corrected chi connectivity index (χ3v) is 5.94. The highest BCUT2D eigenvalue weighted by Crippen LogP contribution is 2.17. The molecule has 2 heterocycles. The Hall–Kier alpha value is -1.96. The van der Waals surface area contributed by atoms with Gasteiger partial charge < -0.3 is 10.1 Å². The maximum Gasteiger partial charge on any atom is 0.220 e. The van der Waals surface area contributed by atoms with Gasteiger partial charge in [-0.2, -0.15) is 0 Å². The van der Waals surface area contributed by atoms with Crippen LogP contribution in [0.25, 0.3) is 0 Å². The van der Waals surface area contributed by atoms with Gasteiger partial charge in [-0.05, 0) is 50.1 Å². The zero-order chi connectivity index (χ0) is 21.5. The lowest BCUT2D eigenvalue weighted by Gasteiger charge is -2.31. The van der Waals surface area contributed by atoms with E-state index >= 15 is 0 Å². The lowest BCUT2D eigenvalue weighted by Crippen LogP contribution is -2.40. The second-order valence-corrected chi connectivity index (χ2v) is 8.65. The summed E-state index contributed by atoms with van der Waals surface area (Å²) in [6, 6.07) is 8.46. The van der Waals surface area contributed by atoms with Crippen molar-refractivity contribution in [2.45, 2.75) is 58.0 Å². The molecule has 1 unspecified atom stereocenters. The summed E-state index contributed by atoms with van der Waals surface area (Å²) in [5.74, 6) is 0.0511. The van der Waals surface area contributed by atoms with E-state index in [2.05, 4.69) is 51.4 Å². The zero-order valence-electron chi connectivity index (χ0n) is 18.4.